The molecule has 1 aromatic rings. The van der Waals surface area contributed by atoms with Gasteiger partial charge in [-0.25, -0.2) is 0 Å². The van der Waals surface area contributed by atoms with Crippen LogP contribution in [0, 0.1) is 10.1 Å². The van der Waals surface area contributed by atoms with Crippen LogP contribution < -0.4 is 0 Å². The molecule has 0 aliphatic carbocycles. The summed E-state index contributed by atoms with van der Waals surface area (Å²) in [4.78, 5) is 27.2. The summed E-state index contributed by atoms with van der Waals surface area (Å²) in [7, 11) is 0. The Hall–Kier alpha value is -1.93. The fraction of sp³-hybridized carbons (Fsp3) is 0.533. The van der Waals surface area contributed by atoms with Crippen molar-refractivity contribution >= 4 is 22.2 Å². The van der Waals surface area contributed by atoms with E-state index in [4.69, 9.17) is 4.74 Å². The van der Waals surface area contributed by atoms with Crippen LogP contribution in [0.2, 0.25) is 0 Å². The maximum Gasteiger partial charge on any atom is 0.324 e. The van der Waals surface area contributed by atoms with Gasteiger partial charge in [-0.15, -0.1) is 0 Å². The van der Waals surface area contributed by atoms with Crippen LogP contribution in [0.25, 0.3) is 0 Å². The molecule has 0 aromatic carbocycles. The molecule has 1 amide bonds. The first-order chi connectivity index (χ1) is 11.1. The lowest BCUT2D eigenvalue weighted by atomic mass is 10.1. The van der Waals surface area contributed by atoms with E-state index in [0.29, 0.717) is 18.0 Å². The van der Waals surface area contributed by atoms with E-state index in [1.165, 1.54) is 6.07 Å². The molecule has 1 aromatic heterocycles. The number of hydrogen-bond acceptors (Lipinski definition) is 6. The predicted molar refractivity (Wildman–Crippen MR) is 86.6 cm³/mol. The number of carbonyl (C=O) groups excluding carboxylic acids is 1. The van der Waals surface area contributed by atoms with Crippen molar-refractivity contribution in [2.75, 3.05) is 32.7 Å². The second kappa shape index (κ2) is 7.10. The first kappa shape index (κ1) is 15.9. The Bertz CT molecular complexity index is 608. The molecule has 0 radical (unpaired) electrons. The number of carbonyl (C=O) groups is 1. The second-order valence-electron chi connectivity index (χ2n) is 5.70. The van der Waals surface area contributed by atoms with Crippen molar-refractivity contribution in [1.82, 2.24) is 9.80 Å². The Labute approximate surface area is 138 Å². The number of ether oxygens (including phenoxy) is 1. The summed E-state index contributed by atoms with van der Waals surface area (Å²) in [5.41, 5.74) is 0. The second-order valence-corrected chi connectivity index (χ2v) is 6.76. The zero-order valence-electron chi connectivity index (χ0n) is 12.7. The largest absolute Gasteiger partial charge is 0.497 e. The van der Waals surface area contributed by atoms with Crippen molar-refractivity contribution in [2.45, 2.75) is 18.9 Å². The Kier molecular flexibility index (Phi) is 4.92. The van der Waals surface area contributed by atoms with Crippen LogP contribution in [-0.2, 0) is 4.74 Å². The number of rotatable bonds is 4. The average Bonchev–Trinajstić information content (AvgIpc) is 3.06. The first-order valence-electron chi connectivity index (χ1n) is 7.70. The number of amides is 1. The van der Waals surface area contributed by atoms with Crippen molar-refractivity contribution in [3.63, 3.8) is 0 Å². The van der Waals surface area contributed by atoms with E-state index >= 15 is 0 Å². The number of nitrogens with zero attached hydrogens (tertiary/aromatic N) is 3. The van der Waals surface area contributed by atoms with E-state index in [2.05, 4.69) is 4.90 Å². The zero-order chi connectivity index (χ0) is 16.2. The van der Waals surface area contributed by atoms with E-state index in [1.807, 2.05) is 6.08 Å². The van der Waals surface area contributed by atoms with Crippen molar-refractivity contribution in [3.05, 3.63) is 39.5 Å². The van der Waals surface area contributed by atoms with E-state index < -0.39 is 4.92 Å². The van der Waals surface area contributed by atoms with E-state index in [1.54, 1.807) is 17.2 Å². The lowest BCUT2D eigenvalue weighted by Crippen LogP contribution is -2.50. The minimum absolute atomic E-state index is 0.00879. The van der Waals surface area contributed by atoms with Gasteiger partial charge in [0.2, 0.25) is 0 Å². The molecule has 124 valence electrons. The fourth-order valence-electron chi connectivity index (χ4n) is 2.84. The molecule has 1 fully saturated rings. The number of thiophene rings is 1. The molecule has 8 heteroatoms. The number of nitro groups is 1. The van der Waals surface area contributed by atoms with Crippen LogP contribution in [-0.4, -0.2) is 59.5 Å². The smallest absolute Gasteiger partial charge is 0.324 e. The molecule has 1 unspecified atom stereocenters. The number of piperazine rings is 1. The van der Waals surface area contributed by atoms with Gasteiger partial charge in [-0.05, 0) is 25.0 Å². The van der Waals surface area contributed by atoms with Crippen LogP contribution in [0.4, 0.5) is 5.00 Å². The molecule has 23 heavy (non-hydrogen) atoms. The highest BCUT2D eigenvalue weighted by Crippen LogP contribution is 2.25. The SMILES string of the molecule is O=C(c1ccc([N+](=O)[O-])s1)N1CCN(CC2CCC=CO2)CC1. The summed E-state index contributed by atoms with van der Waals surface area (Å²) in [6, 6.07) is 2.93. The summed E-state index contributed by atoms with van der Waals surface area (Å²) >= 11 is 0.941. The number of hydrogen-bond donors (Lipinski definition) is 0. The van der Waals surface area contributed by atoms with Gasteiger partial charge in [0.15, 0.2) is 0 Å². The Morgan fingerprint density at radius 2 is 2.13 bits per heavy atom. The molecule has 0 saturated carbocycles. The summed E-state index contributed by atoms with van der Waals surface area (Å²) in [5, 5.41) is 10.7. The molecular weight excluding hydrogens is 318 g/mol. The molecular formula is C15H19N3O4S. The lowest BCUT2D eigenvalue weighted by Gasteiger charge is -2.36. The van der Waals surface area contributed by atoms with Gasteiger partial charge in [0.1, 0.15) is 6.10 Å². The minimum Gasteiger partial charge on any atom is -0.497 e. The monoisotopic (exact) mass is 337 g/mol. The van der Waals surface area contributed by atoms with E-state index in [9.17, 15) is 14.9 Å². The van der Waals surface area contributed by atoms with Crippen LogP contribution in [0.1, 0.15) is 22.5 Å². The molecule has 3 rings (SSSR count). The molecule has 7 nitrogen and oxygen atoms in total. The third kappa shape index (κ3) is 3.89. The van der Waals surface area contributed by atoms with Gasteiger partial charge in [-0.3, -0.25) is 19.8 Å². The van der Waals surface area contributed by atoms with Gasteiger partial charge in [0, 0.05) is 38.8 Å². The van der Waals surface area contributed by atoms with Gasteiger partial charge in [0.05, 0.1) is 16.1 Å². The van der Waals surface area contributed by atoms with E-state index in [-0.39, 0.29) is 17.0 Å². The third-order valence-electron chi connectivity index (χ3n) is 4.13. The standard InChI is InChI=1S/C15H19N3O4S/c19-15(13-4-5-14(23-13)18(20)21)17-8-6-16(7-9-17)11-12-3-1-2-10-22-12/h2,4-5,10,12H,1,3,6-9,11H2. The van der Waals surface area contributed by atoms with Crippen LogP contribution >= 0.6 is 11.3 Å². The summed E-state index contributed by atoms with van der Waals surface area (Å²) < 4.78 is 5.58. The molecule has 2 aliphatic rings. The van der Waals surface area contributed by atoms with Crippen molar-refractivity contribution in [3.8, 4) is 0 Å². The van der Waals surface area contributed by atoms with Gasteiger partial charge in [-0.1, -0.05) is 11.3 Å². The highest BCUT2D eigenvalue weighted by Gasteiger charge is 2.26. The first-order valence-corrected chi connectivity index (χ1v) is 8.51. The van der Waals surface area contributed by atoms with Crippen molar-refractivity contribution < 1.29 is 14.5 Å². The zero-order valence-corrected chi connectivity index (χ0v) is 13.5. The molecule has 0 N–H and O–H groups in total. The predicted octanol–water partition coefficient (Wildman–Crippen LogP) is 2.11. The van der Waals surface area contributed by atoms with Crippen LogP contribution in [0.3, 0.4) is 0 Å². The van der Waals surface area contributed by atoms with Gasteiger partial charge < -0.3 is 9.64 Å². The fourth-order valence-corrected chi connectivity index (χ4v) is 3.63. The van der Waals surface area contributed by atoms with E-state index in [0.717, 1.165) is 43.8 Å². The highest BCUT2D eigenvalue weighted by molar-refractivity contribution is 7.17. The lowest BCUT2D eigenvalue weighted by molar-refractivity contribution is -0.380. The summed E-state index contributed by atoms with van der Waals surface area (Å²) in [5.74, 6) is -0.111. The van der Waals surface area contributed by atoms with Crippen molar-refractivity contribution in [1.29, 1.82) is 0 Å². The van der Waals surface area contributed by atoms with Gasteiger partial charge in [-0.2, -0.15) is 0 Å². The Balaban J connectivity index is 1.50. The van der Waals surface area contributed by atoms with Gasteiger partial charge in [0.25, 0.3) is 5.91 Å². The summed E-state index contributed by atoms with van der Waals surface area (Å²) in [6.45, 7) is 3.79. The maximum atomic E-state index is 12.4. The van der Waals surface area contributed by atoms with Crippen LogP contribution in [0.15, 0.2) is 24.5 Å². The highest BCUT2D eigenvalue weighted by atomic mass is 32.1. The average molecular weight is 337 g/mol. The number of allylic oxidation sites excluding steroid dienone is 1. The third-order valence-corrected chi connectivity index (χ3v) is 5.15. The maximum absolute atomic E-state index is 12.4. The molecule has 1 atom stereocenters. The van der Waals surface area contributed by atoms with Crippen LogP contribution in [0.5, 0.6) is 0 Å². The topological polar surface area (TPSA) is 75.9 Å². The molecule has 2 aliphatic heterocycles. The van der Waals surface area contributed by atoms with Gasteiger partial charge >= 0.3 is 5.00 Å². The molecule has 1 saturated heterocycles. The molecule has 3 heterocycles. The quantitative estimate of drug-likeness (QED) is 0.621. The Morgan fingerprint density at radius 3 is 2.74 bits per heavy atom. The van der Waals surface area contributed by atoms with Crippen molar-refractivity contribution in [2.24, 2.45) is 0 Å². The summed E-state index contributed by atoms with van der Waals surface area (Å²) in [6.07, 6.45) is 6.14. The Morgan fingerprint density at radius 1 is 1.35 bits per heavy atom. The normalized spacial score (nSPS) is 21.9. The molecule has 0 spiro atoms. The minimum atomic E-state index is -0.460. The molecule has 0 bridgehead atoms.